The standard InChI is InChI=1S/C24H24N2O/c1-15-10-12-19-21(16(15)2)23(3,4)24(26(19)5)14-25-22-18-9-7-6-8-17(18)11-13-20(22)27-24/h6-14H,1-5H3. The molecule has 0 aromatic heterocycles. The molecule has 0 fully saturated rings. The fourth-order valence-electron chi connectivity index (χ4n) is 4.89. The highest BCUT2D eigenvalue weighted by Crippen LogP contribution is 2.55. The molecular weight excluding hydrogens is 332 g/mol. The minimum atomic E-state index is -0.636. The first-order valence-electron chi connectivity index (χ1n) is 9.47. The number of ether oxygens (including phenoxy) is 1. The summed E-state index contributed by atoms with van der Waals surface area (Å²) in [6.45, 7) is 8.91. The Morgan fingerprint density at radius 2 is 1.74 bits per heavy atom. The average molecular weight is 356 g/mol. The van der Waals surface area contributed by atoms with Gasteiger partial charge in [0.2, 0.25) is 5.72 Å². The van der Waals surface area contributed by atoms with E-state index in [1.54, 1.807) is 0 Å². The lowest BCUT2D eigenvalue weighted by molar-refractivity contribution is 0.0824. The Morgan fingerprint density at radius 1 is 0.963 bits per heavy atom. The number of aliphatic imine (C=N–C) groups is 1. The van der Waals surface area contributed by atoms with Gasteiger partial charge in [0, 0.05) is 18.1 Å². The molecule has 3 nitrogen and oxygen atoms in total. The first-order chi connectivity index (χ1) is 12.9. The summed E-state index contributed by atoms with van der Waals surface area (Å²) in [5.41, 5.74) is 5.27. The first kappa shape index (κ1) is 16.4. The highest BCUT2D eigenvalue weighted by molar-refractivity contribution is 5.99. The number of rotatable bonds is 0. The van der Waals surface area contributed by atoms with E-state index >= 15 is 0 Å². The molecule has 0 saturated heterocycles. The summed E-state index contributed by atoms with van der Waals surface area (Å²) in [7, 11) is 2.11. The Kier molecular flexibility index (Phi) is 3.11. The zero-order valence-electron chi connectivity index (χ0n) is 16.5. The van der Waals surface area contributed by atoms with E-state index in [0.29, 0.717) is 0 Å². The molecule has 1 unspecified atom stereocenters. The topological polar surface area (TPSA) is 24.8 Å². The van der Waals surface area contributed by atoms with Crippen molar-refractivity contribution in [3.05, 3.63) is 65.2 Å². The Hall–Kier alpha value is -2.81. The van der Waals surface area contributed by atoms with Gasteiger partial charge in [-0.3, -0.25) is 4.99 Å². The lowest BCUT2D eigenvalue weighted by Crippen LogP contribution is -2.61. The van der Waals surface area contributed by atoms with E-state index in [2.05, 4.69) is 88.2 Å². The molecular formula is C24H24N2O. The molecule has 2 aliphatic heterocycles. The van der Waals surface area contributed by atoms with Gasteiger partial charge in [0.1, 0.15) is 11.4 Å². The second kappa shape index (κ2) is 5.13. The molecule has 1 spiro atoms. The van der Waals surface area contributed by atoms with Gasteiger partial charge in [0.05, 0.1) is 11.6 Å². The molecule has 3 heteroatoms. The summed E-state index contributed by atoms with van der Waals surface area (Å²) >= 11 is 0. The normalized spacial score (nSPS) is 22.0. The summed E-state index contributed by atoms with van der Waals surface area (Å²) in [6, 6.07) is 16.9. The molecule has 3 aromatic rings. The molecule has 1 atom stereocenters. The third-order valence-electron chi connectivity index (χ3n) is 6.59. The van der Waals surface area contributed by atoms with Crippen LogP contribution >= 0.6 is 0 Å². The van der Waals surface area contributed by atoms with Gasteiger partial charge in [-0.05, 0) is 61.9 Å². The number of hydrogen-bond donors (Lipinski definition) is 0. The maximum Gasteiger partial charge on any atom is 0.228 e. The Labute approximate surface area is 160 Å². The molecule has 0 amide bonds. The van der Waals surface area contributed by atoms with E-state index < -0.39 is 5.72 Å². The van der Waals surface area contributed by atoms with Gasteiger partial charge in [-0.2, -0.15) is 0 Å². The molecule has 0 radical (unpaired) electrons. The van der Waals surface area contributed by atoms with Crippen LogP contribution in [0.2, 0.25) is 0 Å². The highest BCUT2D eigenvalue weighted by Gasteiger charge is 2.59. The molecule has 0 bridgehead atoms. The van der Waals surface area contributed by atoms with Gasteiger partial charge < -0.3 is 9.64 Å². The summed E-state index contributed by atoms with van der Waals surface area (Å²) < 4.78 is 6.77. The summed E-state index contributed by atoms with van der Waals surface area (Å²) in [6.07, 6.45) is 2.01. The van der Waals surface area contributed by atoms with Gasteiger partial charge in [-0.15, -0.1) is 0 Å². The molecule has 2 heterocycles. The third kappa shape index (κ3) is 1.89. The van der Waals surface area contributed by atoms with Crippen molar-refractivity contribution in [2.24, 2.45) is 4.99 Å². The van der Waals surface area contributed by atoms with Crippen LogP contribution in [0.4, 0.5) is 11.4 Å². The predicted octanol–water partition coefficient (Wildman–Crippen LogP) is 5.68. The number of fused-ring (bicyclic) bond motifs is 4. The minimum absolute atomic E-state index is 0.236. The average Bonchev–Trinajstić information content (AvgIpc) is 2.83. The quantitative estimate of drug-likeness (QED) is 0.518. The van der Waals surface area contributed by atoms with Crippen molar-refractivity contribution in [3.63, 3.8) is 0 Å². The van der Waals surface area contributed by atoms with Crippen LogP contribution < -0.4 is 9.64 Å². The molecule has 0 aliphatic carbocycles. The van der Waals surface area contributed by atoms with E-state index in [4.69, 9.17) is 9.73 Å². The third-order valence-corrected chi connectivity index (χ3v) is 6.59. The van der Waals surface area contributed by atoms with Crippen molar-refractivity contribution < 1.29 is 4.74 Å². The largest absolute Gasteiger partial charge is 0.459 e. The number of aryl methyl sites for hydroxylation is 1. The maximum atomic E-state index is 6.77. The van der Waals surface area contributed by atoms with Crippen LogP contribution in [0.15, 0.2) is 53.5 Å². The van der Waals surface area contributed by atoms with Crippen LogP contribution in [0, 0.1) is 13.8 Å². The van der Waals surface area contributed by atoms with Crippen LogP contribution in [0.5, 0.6) is 5.75 Å². The van der Waals surface area contributed by atoms with E-state index in [9.17, 15) is 0 Å². The molecule has 3 aromatic carbocycles. The van der Waals surface area contributed by atoms with E-state index in [-0.39, 0.29) is 5.41 Å². The number of nitrogens with zero attached hydrogens (tertiary/aromatic N) is 2. The van der Waals surface area contributed by atoms with Crippen molar-refractivity contribution in [2.75, 3.05) is 11.9 Å². The van der Waals surface area contributed by atoms with Crippen molar-refractivity contribution in [2.45, 2.75) is 38.8 Å². The van der Waals surface area contributed by atoms with Gasteiger partial charge in [-0.25, -0.2) is 0 Å². The zero-order chi connectivity index (χ0) is 19.0. The number of anilines is 1. The molecule has 0 N–H and O–H groups in total. The summed E-state index contributed by atoms with van der Waals surface area (Å²) in [4.78, 5) is 7.19. The van der Waals surface area contributed by atoms with Gasteiger partial charge >= 0.3 is 0 Å². The second-order valence-corrected chi connectivity index (χ2v) is 8.28. The van der Waals surface area contributed by atoms with Crippen molar-refractivity contribution in [1.82, 2.24) is 0 Å². The van der Waals surface area contributed by atoms with E-state index in [1.807, 2.05) is 6.21 Å². The second-order valence-electron chi connectivity index (χ2n) is 8.28. The lowest BCUT2D eigenvalue weighted by atomic mass is 9.75. The Bertz CT molecular complexity index is 1130. The molecule has 5 rings (SSSR count). The van der Waals surface area contributed by atoms with Crippen molar-refractivity contribution in [3.8, 4) is 5.75 Å². The Morgan fingerprint density at radius 3 is 2.56 bits per heavy atom. The number of hydrogen-bond acceptors (Lipinski definition) is 3. The molecule has 0 saturated carbocycles. The SMILES string of the molecule is Cc1ccc2c(c1C)C(C)(C)C1(C=Nc3c(ccc4ccccc34)O1)N2C. The Balaban J connectivity index is 1.73. The highest BCUT2D eigenvalue weighted by atomic mass is 16.5. The fourth-order valence-corrected chi connectivity index (χ4v) is 4.89. The van der Waals surface area contributed by atoms with E-state index in [1.165, 1.54) is 27.8 Å². The molecule has 27 heavy (non-hydrogen) atoms. The fraction of sp³-hybridized carbons (Fsp3) is 0.292. The molecule has 2 aliphatic rings. The predicted molar refractivity (Wildman–Crippen MR) is 113 cm³/mol. The smallest absolute Gasteiger partial charge is 0.228 e. The van der Waals surface area contributed by atoms with Crippen LogP contribution in [0.3, 0.4) is 0 Å². The van der Waals surface area contributed by atoms with Crippen molar-refractivity contribution in [1.29, 1.82) is 0 Å². The van der Waals surface area contributed by atoms with Gasteiger partial charge in [0.15, 0.2) is 0 Å². The van der Waals surface area contributed by atoms with Crippen molar-refractivity contribution >= 4 is 28.4 Å². The first-order valence-corrected chi connectivity index (χ1v) is 9.47. The van der Waals surface area contributed by atoms with Crippen LogP contribution in [0.25, 0.3) is 10.8 Å². The van der Waals surface area contributed by atoms with E-state index in [0.717, 1.165) is 16.8 Å². The zero-order valence-corrected chi connectivity index (χ0v) is 16.5. The van der Waals surface area contributed by atoms with Crippen LogP contribution in [-0.2, 0) is 5.41 Å². The monoisotopic (exact) mass is 356 g/mol. The number of benzene rings is 3. The van der Waals surface area contributed by atoms with Crippen LogP contribution in [0.1, 0.15) is 30.5 Å². The van der Waals surface area contributed by atoms with Crippen LogP contribution in [-0.4, -0.2) is 19.0 Å². The lowest BCUT2D eigenvalue weighted by Gasteiger charge is -2.45. The summed E-state index contributed by atoms with van der Waals surface area (Å²) in [5.74, 6) is 0.846. The van der Waals surface area contributed by atoms with Gasteiger partial charge in [0.25, 0.3) is 0 Å². The van der Waals surface area contributed by atoms with Gasteiger partial charge in [-0.1, -0.05) is 36.4 Å². The number of likely N-dealkylation sites (N-methyl/N-ethyl adjacent to an activating group) is 1. The minimum Gasteiger partial charge on any atom is -0.459 e. The summed E-state index contributed by atoms with van der Waals surface area (Å²) in [5, 5.41) is 2.31. The molecule has 136 valence electrons. The maximum absolute atomic E-state index is 6.77.